The lowest BCUT2D eigenvalue weighted by atomic mass is 10.0. The Morgan fingerprint density at radius 3 is 2.47 bits per heavy atom. The predicted molar refractivity (Wildman–Crippen MR) is 71.0 cm³/mol. The van der Waals surface area contributed by atoms with Gasteiger partial charge in [0.1, 0.15) is 0 Å². The van der Waals surface area contributed by atoms with Crippen LogP contribution in [0.3, 0.4) is 0 Å². The van der Waals surface area contributed by atoms with Crippen LogP contribution in [0.1, 0.15) is 30.8 Å². The van der Waals surface area contributed by atoms with E-state index in [1.54, 1.807) is 0 Å². The van der Waals surface area contributed by atoms with Crippen LogP contribution in [-0.2, 0) is 12.8 Å². The highest BCUT2D eigenvalue weighted by Crippen LogP contribution is 2.24. The van der Waals surface area contributed by atoms with E-state index in [4.69, 9.17) is 0 Å². The van der Waals surface area contributed by atoms with Crippen molar-refractivity contribution in [1.82, 2.24) is 9.97 Å². The van der Waals surface area contributed by atoms with Crippen LogP contribution in [0.15, 0.2) is 30.5 Å². The molecule has 0 saturated carbocycles. The quantitative estimate of drug-likeness (QED) is 0.799. The summed E-state index contributed by atoms with van der Waals surface area (Å²) in [6.07, 6.45) is 3.75. The highest BCUT2D eigenvalue weighted by molar-refractivity contribution is 5.65. The molecule has 0 unspecified atom stereocenters. The number of benzene rings is 1. The molecule has 0 aliphatic rings. The Morgan fingerprint density at radius 1 is 1.06 bits per heavy atom. The van der Waals surface area contributed by atoms with E-state index in [2.05, 4.69) is 55.0 Å². The molecule has 0 spiro atoms. The Labute approximate surface area is 103 Å². The van der Waals surface area contributed by atoms with Gasteiger partial charge in [-0.3, -0.25) is 9.97 Å². The van der Waals surface area contributed by atoms with Gasteiger partial charge in [-0.05, 0) is 25.3 Å². The van der Waals surface area contributed by atoms with Crippen LogP contribution in [0.25, 0.3) is 11.3 Å². The molecule has 2 aromatic rings. The number of nitrogens with zero attached hydrogens (tertiary/aromatic N) is 2. The van der Waals surface area contributed by atoms with E-state index in [0.29, 0.717) is 0 Å². The summed E-state index contributed by atoms with van der Waals surface area (Å²) in [5.74, 6) is 0. The molecule has 0 radical (unpaired) electrons. The molecular weight excluding hydrogens is 208 g/mol. The lowest BCUT2D eigenvalue weighted by molar-refractivity contribution is 0.926. The van der Waals surface area contributed by atoms with E-state index < -0.39 is 0 Å². The lowest BCUT2D eigenvalue weighted by Crippen LogP contribution is -2.00. The summed E-state index contributed by atoms with van der Waals surface area (Å²) in [6.45, 7) is 6.35. The highest BCUT2D eigenvalue weighted by Gasteiger charge is 2.09. The van der Waals surface area contributed by atoms with E-state index in [9.17, 15) is 0 Å². The smallest absolute Gasteiger partial charge is 0.0920 e. The zero-order valence-electron chi connectivity index (χ0n) is 10.7. The first-order chi connectivity index (χ1) is 8.26. The third-order valence-electron chi connectivity index (χ3n) is 2.99. The number of hydrogen-bond acceptors (Lipinski definition) is 2. The minimum Gasteiger partial charge on any atom is -0.254 e. The van der Waals surface area contributed by atoms with Crippen molar-refractivity contribution in [2.24, 2.45) is 0 Å². The van der Waals surface area contributed by atoms with Crippen molar-refractivity contribution in [3.05, 3.63) is 47.4 Å². The molecule has 1 heterocycles. The van der Waals surface area contributed by atoms with E-state index in [1.165, 1.54) is 11.1 Å². The monoisotopic (exact) mass is 226 g/mol. The van der Waals surface area contributed by atoms with Crippen LogP contribution in [-0.4, -0.2) is 9.97 Å². The summed E-state index contributed by atoms with van der Waals surface area (Å²) in [7, 11) is 0. The maximum Gasteiger partial charge on any atom is 0.0920 e. The van der Waals surface area contributed by atoms with Crippen molar-refractivity contribution in [3.8, 4) is 11.3 Å². The van der Waals surface area contributed by atoms with Gasteiger partial charge >= 0.3 is 0 Å². The maximum atomic E-state index is 4.66. The number of rotatable bonds is 3. The largest absolute Gasteiger partial charge is 0.254 e. The topological polar surface area (TPSA) is 25.8 Å². The van der Waals surface area contributed by atoms with Gasteiger partial charge in [-0.1, -0.05) is 38.1 Å². The average molecular weight is 226 g/mol. The molecule has 2 rings (SSSR count). The van der Waals surface area contributed by atoms with Gasteiger partial charge in [0.25, 0.3) is 0 Å². The van der Waals surface area contributed by atoms with Crippen LogP contribution in [0.5, 0.6) is 0 Å². The van der Waals surface area contributed by atoms with Crippen LogP contribution >= 0.6 is 0 Å². The van der Waals surface area contributed by atoms with E-state index in [0.717, 1.165) is 29.9 Å². The molecule has 0 amide bonds. The molecule has 0 atom stereocenters. The summed E-state index contributed by atoms with van der Waals surface area (Å²) < 4.78 is 0. The molecule has 88 valence electrons. The van der Waals surface area contributed by atoms with Crippen molar-refractivity contribution in [3.63, 3.8) is 0 Å². The van der Waals surface area contributed by atoms with Crippen molar-refractivity contribution >= 4 is 0 Å². The molecule has 1 aromatic carbocycles. The average Bonchev–Trinajstić information content (AvgIpc) is 2.38. The second-order valence-electron chi connectivity index (χ2n) is 4.18. The summed E-state index contributed by atoms with van der Waals surface area (Å²) >= 11 is 0. The molecule has 17 heavy (non-hydrogen) atoms. The van der Waals surface area contributed by atoms with Crippen molar-refractivity contribution in [1.29, 1.82) is 0 Å². The Hall–Kier alpha value is -1.70. The molecule has 0 saturated heterocycles. The van der Waals surface area contributed by atoms with Gasteiger partial charge < -0.3 is 0 Å². The Balaban J connectivity index is 2.56. The summed E-state index contributed by atoms with van der Waals surface area (Å²) in [5.41, 5.74) is 5.64. The van der Waals surface area contributed by atoms with Crippen molar-refractivity contribution in [2.45, 2.75) is 33.6 Å². The van der Waals surface area contributed by atoms with Gasteiger partial charge in [0.05, 0.1) is 17.1 Å². The van der Waals surface area contributed by atoms with E-state index in [-0.39, 0.29) is 0 Å². The second kappa shape index (κ2) is 5.09. The van der Waals surface area contributed by atoms with Gasteiger partial charge in [-0.25, -0.2) is 0 Å². The minimum atomic E-state index is 0.921. The SMILES string of the molecule is CCc1cnc(-c2ccccc2C)c(CC)n1. The Kier molecular flexibility index (Phi) is 3.52. The first-order valence-electron chi connectivity index (χ1n) is 6.17. The Morgan fingerprint density at radius 2 is 1.82 bits per heavy atom. The fourth-order valence-corrected chi connectivity index (χ4v) is 1.95. The fourth-order valence-electron chi connectivity index (χ4n) is 1.95. The zero-order chi connectivity index (χ0) is 12.3. The first-order valence-corrected chi connectivity index (χ1v) is 6.17. The van der Waals surface area contributed by atoms with Crippen molar-refractivity contribution in [2.75, 3.05) is 0 Å². The number of aromatic nitrogens is 2. The van der Waals surface area contributed by atoms with E-state index in [1.807, 2.05) is 6.20 Å². The second-order valence-corrected chi connectivity index (χ2v) is 4.18. The predicted octanol–water partition coefficient (Wildman–Crippen LogP) is 3.58. The van der Waals surface area contributed by atoms with Crippen LogP contribution < -0.4 is 0 Å². The number of aryl methyl sites for hydroxylation is 3. The van der Waals surface area contributed by atoms with Crippen LogP contribution in [0.2, 0.25) is 0 Å². The van der Waals surface area contributed by atoms with Gasteiger partial charge in [-0.15, -0.1) is 0 Å². The van der Waals surface area contributed by atoms with Crippen LogP contribution in [0, 0.1) is 6.92 Å². The Bertz CT molecular complexity index is 518. The molecule has 0 bridgehead atoms. The van der Waals surface area contributed by atoms with E-state index >= 15 is 0 Å². The van der Waals surface area contributed by atoms with Gasteiger partial charge in [0, 0.05) is 11.8 Å². The normalized spacial score (nSPS) is 10.5. The summed E-state index contributed by atoms with van der Waals surface area (Å²) in [5, 5.41) is 0. The standard InChI is InChI=1S/C15H18N2/c1-4-12-10-16-15(14(5-2)17-12)13-9-7-6-8-11(13)3/h6-10H,4-5H2,1-3H3. The zero-order valence-corrected chi connectivity index (χ0v) is 10.7. The molecule has 2 heteroatoms. The molecule has 0 fully saturated rings. The molecule has 0 aliphatic heterocycles. The lowest BCUT2D eigenvalue weighted by Gasteiger charge is -2.10. The van der Waals surface area contributed by atoms with Gasteiger partial charge in [0.2, 0.25) is 0 Å². The first kappa shape index (κ1) is 11.8. The highest BCUT2D eigenvalue weighted by atomic mass is 14.8. The molecule has 0 N–H and O–H groups in total. The maximum absolute atomic E-state index is 4.66. The molecule has 0 aliphatic carbocycles. The van der Waals surface area contributed by atoms with Gasteiger partial charge in [0.15, 0.2) is 0 Å². The minimum absolute atomic E-state index is 0.921. The van der Waals surface area contributed by atoms with Crippen LogP contribution in [0.4, 0.5) is 0 Å². The molecular formula is C15H18N2. The van der Waals surface area contributed by atoms with Crippen molar-refractivity contribution < 1.29 is 0 Å². The third-order valence-corrected chi connectivity index (χ3v) is 2.99. The van der Waals surface area contributed by atoms with Gasteiger partial charge in [-0.2, -0.15) is 0 Å². The molecule has 2 nitrogen and oxygen atoms in total. The molecule has 1 aromatic heterocycles. The third kappa shape index (κ3) is 2.36. The summed E-state index contributed by atoms with van der Waals surface area (Å²) in [6, 6.07) is 8.34. The summed E-state index contributed by atoms with van der Waals surface area (Å²) in [4.78, 5) is 9.25. The fraction of sp³-hybridized carbons (Fsp3) is 0.333. The number of hydrogen-bond donors (Lipinski definition) is 0.